The highest BCUT2D eigenvalue weighted by Gasteiger charge is 2.06. The van der Waals surface area contributed by atoms with Crippen LogP contribution in [-0.4, -0.2) is 10.1 Å². The molecule has 3 rings (SSSR count). The number of phenolic OH excluding ortho intramolecular Hbond substituents is 1. The number of aromatic hydroxyl groups is 1. The van der Waals surface area contributed by atoms with E-state index in [-0.39, 0.29) is 5.75 Å². The number of thiazole rings is 1. The molecule has 0 fully saturated rings. The minimum Gasteiger partial charge on any atom is -0.508 e. The summed E-state index contributed by atoms with van der Waals surface area (Å²) >= 11 is 7.50. The van der Waals surface area contributed by atoms with E-state index in [4.69, 9.17) is 11.6 Å². The van der Waals surface area contributed by atoms with Crippen molar-refractivity contribution in [1.29, 1.82) is 0 Å². The third kappa shape index (κ3) is 1.99. The van der Waals surface area contributed by atoms with E-state index in [2.05, 4.69) is 4.98 Å². The summed E-state index contributed by atoms with van der Waals surface area (Å²) < 4.78 is 0.972. The summed E-state index contributed by atoms with van der Waals surface area (Å²) in [4.78, 5) is 4.51. The van der Waals surface area contributed by atoms with Gasteiger partial charge in [-0.3, -0.25) is 0 Å². The molecule has 2 aromatic carbocycles. The molecule has 4 heteroatoms. The van der Waals surface area contributed by atoms with E-state index >= 15 is 0 Å². The van der Waals surface area contributed by atoms with Gasteiger partial charge in [-0.25, -0.2) is 4.98 Å². The Labute approximate surface area is 107 Å². The highest BCUT2D eigenvalue weighted by molar-refractivity contribution is 7.21. The topological polar surface area (TPSA) is 33.1 Å². The Morgan fingerprint density at radius 2 is 2.00 bits per heavy atom. The lowest BCUT2D eigenvalue weighted by Crippen LogP contribution is -1.74. The summed E-state index contributed by atoms with van der Waals surface area (Å²) in [5.74, 6) is 0.263. The van der Waals surface area contributed by atoms with Crippen molar-refractivity contribution in [1.82, 2.24) is 4.98 Å². The van der Waals surface area contributed by atoms with Crippen molar-refractivity contribution in [3.8, 4) is 16.3 Å². The van der Waals surface area contributed by atoms with Crippen molar-refractivity contribution in [2.75, 3.05) is 0 Å². The zero-order chi connectivity index (χ0) is 11.8. The number of rotatable bonds is 1. The highest BCUT2D eigenvalue weighted by atomic mass is 35.5. The molecular weight excluding hydrogens is 254 g/mol. The minimum absolute atomic E-state index is 0.263. The molecule has 2 nitrogen and oxygen atoms in total. The van der Waals surface area contributed by atoms with Crippen molar-refractivity contribution in [2.24, 2.45) is 0 Å². The van der Waals surface area contributed by atoms with Gasteiger partial charge in [0.25, 0.3) is 0 Å². The van der Waals surface area contributed by atoms with Gasteiger partial charge in [0.2, 0.25) is 0 Å². The van der Waals surface area contributed by atoms with Crippen molar-refractivity contribution in [3.63, 3.8) is 0 Å². The Morgan fingerprint density at radius 1 is 1.12 bits per heavy atom. The van der Waals surface area contributed by atoms with Crippen molar-refractivity contribution in [2.45, 2.75) is 0 Å². The Hall–Kier alpha value is -1.58. The Morgan fingerprint density at radius 3 is 2.82 bits per heavy atom. The van der Waals surface area contributed by atoms with Gasteiger partial charge in [-0.05, 0) is 30.3 Å². The molecule has 84 valence electrons. The van der Waals surface area contributed by atoms with Gasteiger partial charge < -0.3 is 5.11 Å². The smallest absolute Gasteiger partial charge is 0.124 e. The number of fused-ring (bicyclic) bond motifs is 1. The molecule has 0 saturated heterocycles. The third-order valence-electron chi connectivity index (χ3n) is 2.44. The normalized spacial score (nSPS) is 10.9. The number of halogens is 1. The summed E-state index contributed by atoms with van der Waals surface area (Å²) in [5, 5.41) is 11.0. The molecule has 17 heavy (non-hydrogen) atoms. The molecule has 0 amide bonds. The van der Waals surface area contributed by atoms with E-state index in [9.17, 15) is 5.11 Å². The largest absolute Gasteiger partial charge is 0.508 e. The minimum atomic E-state index is 0.263. The fourth-order valence-electron chi connectivity index (χ4n) is 1.66. The van der Waals surface area contributed by atoms with Gasteiger partial charge in [0.1, 0.15) is 10.8 Å². The number of phenols is 1. The maximum atomic E-state index is 9.41. The zero-order valence-corrected chi connectivity index (χ0v) is 10.3. The number of hydrogen-bond acceptors (Lipinski definition) is 3. The number of hydrogen-bond donors (Lipinski definition) is 1. The lowest BCUT2D eigenvalue weighted by Gasteiger charge is -1.95. The first-order chi connectivity index (χ1) is 8.22. The van der Waals surface area contributed by atoms with Crippen LogP contribution in [-0.2, 0) is 0 Å². The molecule has 3 aromatic rings. The van der Waals surface area contributed by atoms with E-state index in [1.807, 2.05) is 30.3 Å². The summed E-state index contributed by atoms with van der Waals surface area (Å²) in [6.07, 6.45) is 0. The summed E-state index contributed by atoms with van der Waals surface area (Å²) in [6, 6.07) is 12.8. The van der Waals surface area contributed by atoms with Crippen molar-refractivity contribution >= 4 is 33.2 Å². The molecule has 0 unspecified atom stereocenters. The Bertz CT molecular complexity index is 693. The van der Waals surface area contributed by atoms with Crippen LogP contribution >= 0.6 is 22.9 Å². The van der Waals surface area contributed by atoms with Gasteiger partial charge in [0.05, 0.1) is 10.2 Å². The van der Waals surface area contributed by atoms with Crippen LogP contribution in [0.3, 0.4) is 0 Å². The fraction of sp³-hybridized carbons (Fsp3) is 0. The predicted molar refractivity (Wildman–Crippen MR) is 71.7 cm³/mol. The van der Waals surface area contributed by atoms with Gasteiger partial charge in [-0.2, -0.15) is 0 Å². The van der Waals surface area contributed by atoms with Gasteiger partial charge in [-0.15, -0.1) is 11.3 Å². The van der Waals surface area contributed by atoms with E-state index < -0.39 is 0 Å². The van der Waals surface area contributed by atoms with E-state index in [1.54, 1.807) is 23.5 Å². The molecule has 0 spiro atoms. The summed E-state index contributed by atoms with van der Waals surface area (Å²) in [5.41, 5.74) is 1.89. The first kappa shape index (κ1) is 10.6. The van der Waals surface area contributed by atoms with Crippen molar-refractivity contribution in [3.05, 3.63) is 47.5 Å². The lowest BCUT2D eigenvalue weighted by molar-refractivity contribution is 0.476. The number of benzene rings is 2. The van der Waals surface area contributed by atoms with Crippen LogP contribution < -0.4 is 0 Å². The Kier molecular flexibility index (Phi) is 2.50. The van der Waals surface area contributed by atoms with Gasteiger partial charge >= 0.3 is 0 Å². The number of aromatic nitrogens is 1. The quantitative estimate of drug-likeness (QED) is 0.708. The van der Waals surface area contributed by atoms with Crippen LogP contribution in [0.2, 0.25) is 5.02 Å². The molecule has 0 bridgehead atoms. The van der Waals surface area contributed by atoms with Crippen molar-refractivity contribution < 1.29 is 5.11 Å². The second-order valence-corrected chi connectivity index (χ2v) is 5.15. The molecule has 1 aromatic heterocycles. The van der Waals surface area contributed by atoms with Crippen LogP contribution in [0.4, 0.5) is 0 Å². The monoisotopic (exact) mass is 261 g/mol. The molecule has 0 saturated carbocycles. The second kappa shape index (κ2) is 4.02. The zero-order valence-electron chi connectivity index (χ0n) is 8.72. The first-order valence-electron chi connectivity index (χ1n) is 5.08. The Balaban J connectivity index is 2.18. The van der Waals surface area contributed by atoms with E-state index in [0.717, 1.165) is 20.8 Å². The second-order valence-electron chi connectivity index (χ2n) is 3.68. The predicted octanol–water partition coefficient (Wildman–Crippen LogP) is 4.32. The average Bonchev–Trinajstić information content (AvgIpc) is 2.72. The molecule has 0 radical (unpaired) electrons. The average molecular weight is 262 g/mol. The van der Waals surface area contributed by atoms with Crippen LogP contribution in [0.5, 0.6) is 5.75 Å². The fourth-order valence-corrected chi connectivity index (χ4v) is 2.84. The standard InChI is InChI=1S/C13H8ClNOS/c14-9-3-1-2-8(6-9)13-15-11-5-4-10(16)7-12(11)17-13/h1-7,16H. The molecule has 0 aliphatic rings. The van der Waals surface area contributed by atoms with Crippen LogP contribution in [0.1, 0.15) is 0 Å². The molecule has 0 atom stereocenters. The highest BCUT2D eigenvalue weighted by Crippen LogP contribution is 2.32. The van der Waals surface area contributed by atoms with Crippen LogP contribution in [0.25, 0.3) is 20.8 Å². The molecule has 1 N–H and O–H groups in total. The first-order valence-corrected chi connectivity index (χ1v) is 6.27. The van der Waals surface area contributed by atoms with Crippen LogP contribution in [0, 0.1) is 0 Å². The molecule has 0 aliphatic heterocycles. The van der Waals surface area contributed by atoms with Crippen LogP contribution in [0.15, 0.2) is 42.5 Å². The SMILES string of the molecule is Oc1ccc2nc(-c3cccc(Cl)c3)sc2c1. The van der Waals surface area contributed by atoms with E-state index in [1.165, 1.54) is 0 Å². The molecular formula is C13H8ClNOS. The maximum Gasteiger partial charge on any atom is 0.124 e. The molecule has 0 aliphatic carbocycles. The van der Waals surface area contributed by atoms with Gasteiger partial charge in [-0.1, -0.05) is 23.7 Å². The summed E-state index contributed by atoms with van der Waals surface area (Å²) in [6.45, 7) is 0. The van der Waals surface area contributed by atoms with E-state index in [0.29, 0.717) is 5.02 Å². The lowest BCUT2D eigenvalue weighted by atomic mass is 10.2. The molecule has 1 heterocycles. The van der Waals surface area contributed by atoms with Gasteiger partial charge in [0, 0.05) is 10.6 Å². The van der Waals surface area contributed by atoms with Gasteiger partial charge in [0.15, 0.2) is 0 Å². The maximum absolute atomic E-state index is 9.41. The third-order valence-corrected chi connectivity index (χ3v) is 3.75. The number of nitrogens with zero attached hydrogens (tertiary/aromatic N) is 1. The summed E-state index contributed by atoms with van der Waals surface area (Å²) in [7, 11) is 0.